The molecule has 3 amide bonds. The van der Waals surface area contributed by atoms with Crippen molar-refractivity contribution in [3.05, 3.63) is 58.6 Å². The van der Waals surface area contributed by atoms with Crippen molar-refractivity contribution >= 4 is 35.5 Å². The molecule has 0 radical (unpaired) electrons. The van der Waals surface area contributed by atoms with E-state index in [4.69, 9.17) is 25.8 Å². The summed E-state index contributed by atoms with van der Waals surface area (Å²) in [6.07, 6.45) is 1.40. The predicted molar refractivity (Wildman–Crippen MR) is 139 cm³/mol. The number of nitrogens with zero attached hydrogens (tertiary/aromatic N) is 2. The number of hydrazone groups is 1. The standard InChI is InChI=1S/C26H31ClN4O6/c1-17(2)23(29-25(33)18-7-9-20(27)10-8-18)26(34)30-28-15-19-5-4-6-21(35-3)24(19)37-16-22(32)31-11-13-36-14-12-31/h4-10,15,17,23H,11-14,16H2,1-3H3,(H,29,33)(H,30,34). The highest BCUT2D eigenvalue weighted by Gasteiger charge is 2.25. The number of ether oxygens (including phenoxy) is 3. The van der Waals surface area contributed by atoms with Crippen LogP contribution < -0.4 is 20.2 Å². The lowest BCUT2D eigenvalue weighted by Gasteiger charge is -2.27. The summed E-state index contributed by atoms with van der Waals surface area (Å²) in [7, 11) is 1.49. The summed E-state index contributed by atoms with van der Waals surface area (Å²) in [5.74, 6) is -0.513. The third-order valence-corrected chi connectivity index (χ3v) is 5.91. The number of morpholine rings is 1. The quantitative estimate of drug-likeness (QED) is 0.360. The molecule has 2 aromatic rings. The molecule has 1 heterocycles. The Morgan fingerprint density at radius 3 is 2.49 bits per heavy atom. The molecule has 1 unspecified atom stereocenters. The number of para-hydroxylation sites is 1. The Morgan fingerprint density at radius 2 is 1.84 bits per heavy atom. The first-order valence-corrected chi connectivity index (χ1v) is 12.2. The number of halogens is 1. The molecule has 37 heavy (non-hydrogen) atoms. The summed E-state index contributed by atoms with van der Waals surface area (Å²) >= 11 is 5.88. The summed E-state index contributed by atoms with van der Waals surface area (Å²) in [4.78, 5) is 39.6. The van der Waals surface area contributed by atoms with Crippen LogP contribution in [0.1, 0.15) is 29.8 Å². The molecule has 1 aliphatic heterocycles. The van der Waals surface area contributed by atoms with E-state index in [0.717, 1.165) is 0 Å². The molecule has 0 aliphatic carbocycles. The van der Waals surface area contributed by atoms with Gasteiger partial charge < -0.3 is 24.4 Å². The first-order chi connectivity index (χ1) is 17.8. The maximum absolute atomic E-state index is 12.8. The van der Waals surface area contributed by atoms with Crippen molar-refractivity contribution in [2.24, 2.45) is 11.0 Å². The highest BCUT2D eigenvalue weighted by molar-refractivity contribution is 6.30. The van der Waals surface area contributed by atoms with Crippen LogP contribution in [0.25, 0.3) is 0 Å². The van der Waals surface area contributed by atoms with E-state index in [1.54, 1.807) is 47.4 Å². The fourth-order valence-electron chi connectivity index (χ4n) is 3.58. The summed E-state index contributed by atoms with van der Waals surface area (Å²) in [5.41, 5.74) is 3.36. The zero-order chi connectivity index (χ0) is 26.8. The Morgan fingerprint density at radius 1 is 1.14 bits per heavy atom. The van der Waals surface area contributed by atoms with Crippen LogP contribution in [0.3, 0.4) is 0 Å². The zero-order valence-electron chi connectivity index (χ0n) is 21.0. The Balaban J connectivity index is 1.65. The van der Waals surface area contributed by atoms with Gasteiger partial charge in [0.2, 0.25) is 0 Å². The third kappa shape index (κ3) is 7.93. The summed E-state index contributed by atoms with van der Waals surface area (Å²) in [6, 6.07) is 10.7. The average molecular weight is 531 g/mol. The molecule has 0 bridgehead atoms. The van der Waals surface area contributed by atoms with Crippen molar-refractivity contribution in [2.75, 3.05) is 40.0 Å². The summed E-state index contributed by atoms with van der Waals surface area (Å²) in [6.45, 7) is 5.47. The number of nitrogens with one attached hydrogen (secondary N) is 2. The highest BCUT2D eigenvalue weighted by Crippen LogP contribution is 2.30. The molecule has 3 rings (SSSR count). The maximum Gasteiger partial charge on any atom is 0.262 e. The van der Waals surface area contributed by atoms with Crippen LogP contribution >= 0.6 is 11.6 Å². The molecule has 10 nitrogen and oxygen atoms in total. The molecule has 1 aliphatic rings. The molecule has 1 saturated heterocycles. The van der Waals surface area contributed by atoms with Gasteiger partial charge in [-0.3, -0.25) is 14.4 Å². The lowest BCUT2D eigenvalue weighted by Crippen LogP contribution is -2.48. The van der Waals surface area contributed by atoms with Crippen molar-refractivity contribution in [3.8, 4) is 11.5 Å². The van der Waals surface area contributed by atoms with Gasteiger partial charge in [-0.15, -0.1) is 0 Å². The van der Waals surface area contributed by atoms with Crippen molar-refractivity contribution in [3.63, 3.8) is 0 Å². The fourth-order valence-corrected chi connectivity index (χ4v) is 3.71. The summed E-state index contributed by atoms with van der Waals surface area (Å²) < 4.78 is 16.5. The van der Waals surface area contributed by atoms with Gasteiger partial charge >= 0.3 is 0 Å². The first kappa shape index (κ1) is 27.9. The van der Waals surface area contributed by atoms with E-state index in [1.165, 1.54) is 13.3 Å². The number of methoxy groups -OCH3 is 1. The number of carbonyl (C=O) groups is 3. The van der Waals surface area contributed by atoms with Crippen LogP contribution in [0.2, 0.25) is 5.02 Å². The van der Waals surface area contributed by atoms with Crippen LogP contribution in [-0.2, 0) is 14.3 Å². The topological polar surface area (TPSA) is 119 Å². The Hall–Kier alpha value is -3.63. The van der Waals surface area contributed by atoms with E-state index in [2.05, 4.69) is 15.8 Å². The third-order valence-electron chi connectivity index (χ3n) is 5.65. The zero-order valence-corrected chi connectivity index (χ0v) is 21.8. The minimum absolute atomic E-state index is 0.165. The molecule has 11 heteroatoms. The van der Waals surface area contributed by atoms with Gasteiger partial charge in [0.1, 0.15) is 6.04 Å². The second-order valence-corrected chi connectivity index (χ2v) is 9.03. The van der Waals surface area contributed by atoms with Crippen molar-refractivity contribution < 1.29 is 28.6 Å². The molecule has 1 atom stereocenters. The highest BCUT2D eigenvalue weighted by atomic mass is 35.5. The normalized spacial score (nSPS) is 14.4. The van der Waals surface area contributed by atoms with E-state index in [-0.39, 0.29) is 18.4 Å². The molecule has 0 spiro atoms. The van der Waals surface area contributed by atoms with Gasteiger partial charge in [-0.2, -0.15) is 5.10 Å². The van der Waals surface area contributed by atoms with Gasteiger partial charge in [0.25, 0.3) is 17.7 Å². The van der Waals surface area contributed by atoms with E-state index < -0.39 is 17.9 Å². The van der Waals surface area contributed by atoms with Crippen molar-refractivity contribution in [2.45, 2.75) is 19.9 Å². The minimum atomic E-state index is -0.826. The van der Waals surface area contributed by atoms with Gasteiger partial charge in [-0.05, 0) is 42.3 Å². The molecular weight excluding hydrogens is 500 g/mol. The number of carbonyl (C=O) groups excluding carboxylic acids is 3. The van der Waals surface area contributed by atoms with Crippen LogP contribution in [0, 0.1) is 5.92 Å². The minimum Gasteiger partial charge on any atom is -0.493 e. The SMILES string of the molecule is COc1cccc(C=NNC(=O)C(NC(=O)c2ccc(Cl)cc2)C(C)C)c1OCC(=O)N1CCOCC1. The van der Waals surface area contributed by atoms with Crippen LogP contribution in [0.15, 0.2) is 47.6 Å². The van der Waals surface area contributed by atoms with Crippen LogP contribution in [0.4, 0.5) is 0 Å². The van der Waals surface area contributed by atoms with Gasteiger partial charge in [0.05, 0.1) is 26.5 Å². The molecular formula is C26H31ClN4O6. The predicted octanol–water partition coefficient (Wildman–Crippen LogP) is 2.49. The van der Waals surface area contributed by atoms with Crippen LogP contribution in [-0.4, -0.2) is 74.9 Å². The smallest absolute Gasteiger partial charge is 0.262 e. The Kier molecular flexibility index (Phi) is 10.3. The van der Waals surface area contributed by atoms with Crippen molar-refractivity contribution in [1.29, 1.82) is 0 Å². The number of amides is 3. The molecule has 2 aromatic carbocycles. The van der Waals surface area contributed by atoms with E-state index in [1.807, 2.05) is 13.8 Å². The van der Waals surface area contributed by atoms with Gasteiger partial charge in [0.15, 0.2) is 18.1 Å². The molecule has 198 valence electrons. The summed E-state index contributed by atoms with van der Waals surface area (Å²) in [5, 5.41) is 7.29. The van der Waals surface area contributed by atoms with Gasteiger partial charge in [0, 0.05) is 29.2 Å². The van der Waals surface area contributed by atoms with Crippen molar-refractivity contribution in [1.82, 2.24) is 15.6 Å². The number of hydrogen-bond donors (Lipinski definition) is 2. The second-order valence-electron chi connectivity index (χ2n) is 8.60. The average Bonchev–Trinajstić information content (AvgIpc) is 2.91. The van der Waals surface area contributed by atoms with Gasteiger partial charge in [-0.25, -0.2) is 5.43 Å². The lowest BCUT2D eigenvalue weighted by atomic mass is 10.0. The van der Waals surface area contributed by atoms with E-state index in [9.17, 15) is 14.4 Å². The Labute approximate surface area is 220 Å². The molecule has 1 fully saturated rings. The van der Waals surface area contributed by atoms with E-state index in [0.29, 0.717) is 54.0 Å². The Bertz CT molecular complexity index is 1120. The number of hydrogen-bond acceptors (Lipinski definition) is 7. The largest absolute Gasteiger partial charge is 0.493 e. The monoisotopic (exact) mass is 530 g/mol. The fraction of sp³-hybridized carbons (Fsp3) is 0.385. The maximum atomic E-state index is 12.8. The molecule has 0 saturated carbocycles. The van der Waals surface area contributed by atoms with E-state index >= 15 is 0 Å². The number of benzene rings is 2. The first-order valence-electron chi connectivity index (χ1n) is 11.8. The van der Waals surface area contributed by atoms with Crippen LogP contribution in [0.5, 0.6) is 11.5 Å². The molecule has 0 aromatic heterocycles. The number of rotatable bonds is 10. The lowest BCUT2D eigenvalue weighted by molar-refractivity contribution is -0.137. The van der Waals surface area contributed by atoms with Gasteiger partial charge in [-0.1, -0.05) is 31.5 Å². The molecule has 2 N–H and O–H groups in total. The second kappa shape index (κ2) is 13.6.